The molecule has 0 saturated carbocycles. The van der Waals surface area contributed by atoms with Crippen molar-refractivity contribution in [2.45, 2.75) is 38.3 Å². The summed E-state index contributed by atoms with van der Waals surface area (Å²) in [6.07, 6.45) is 3.52. The SMILES string of the molecule is CC(C(=O)Nc1nccs1)N1CCC(c2nnc(CO)n2C)CC1. The van der Waals surface area contributed by atoms with Gasteiger partial charge in [-0.25, -0.2) is 4.98 Å². The van der Waals surface area contributed by atoms with Gasteiger partial charge in [0.25, 0.3) is 0 Å². The molecule has 1 amide bonds. The second kappa shape index (κ2) is 7.37. The van der Waals surface area contributed by atoms with Crippen LogP contribution in [0, 0.1) is 0 Å². The van der Waals surface area contributed by atoms with E-state index in [0.29, 0.717) is 16.9 Å². The Labute approximate surface area is 144 Å². The maximum atomic E-state index is 12.3. The van der Waals surface area contributed by atoms with E-state index in [1.807, 2.05) is 23.9 Å². The standard InChI is InChI=1S/C15H22N6O2S/c1-10(14(23)17-15-16-5-8-24-15)21-6-3-11(4-7-21)13-19-18-12(9-22)20(13)2/h5,8,10-11,22H,3-4,6-7,9H2,1-2H3,(H,16,17,23). The van der Waals surface area contributed by atoms with Crippen LogP contribution in [-0.4, -0.2) is 54.8 Å². The summed E-state index contributed by atoms with van der Waals surface area (Å²) in [6.45, 7) is 3.49. The first-order valence-electron chi connectivity index (χ1n) is 8.03. The Balaban J connectivity index is 1.56. The Kier molecular flexibility index (Phi) is 5.22. The number of hydrogen-bond donors (Lipinski definition) is 2. The van der Waals surface area contributed by atoms with E-state index in [9.17, 15) is 9.90 Å². The number of anilines is 1. The minimum atomic E-state index is -0.192. The second-order valence-electron chi connectivity index (χ2n) is 6.00. The van der Waals surface area contributed by atoms with Crippen LogP contribution in [0.5, 0.6) is 0 Å². The zero-order valence-corrected chi connectivity index (χ0v) is 14.7. The van der Waals surface area contributed by atoms with E-state index in [1.54, 1.807) is 6.20 Å². The van der Waals surface area contributed by atoms with E-state index in [0.717, 1.165) is 31.8 Å². The van der Waals surface area contributed by atoms with Crippen LogP contribution in [0.2, 0.25) is 0 Å². The fourth-order valence-corrected chi connectivity index (χ4v) is 3.61. The van der Waals surface area contributed by atoms with E-state index in [2.05, 4.69) is 25.4 Å². The molecule has 2 N–H and O–H groups in total. The molecule has 9 heteroatoms. The number of thiazole rings is 1. The molecule has 0 bridgehead atoms. The Morgan fingerprint density at radius 1 is 1.46 bits per heavy atom. The third-order valence-electron chi connectivity index (χ3n) is 4.62. The molecule has 2 aromatic rings. The zero-order valence-electron chi connectivity index (χ0n) is 13.8. The van der Waals surface area contributed by atoms with Gasteiger partial charge in [0.05, 0.1) is 6.04 Å². The molecule has 1 atom stereocenters. The predicted molar refractivity (Wildman–Crippen MR) is 90.7 cm³/mol. The Bertz CT molecular complexity index is 678. The van der Waals surface area contributed by atoms with Gasteiger partial charge in [-0.3, -0.25) is 9.69 Å². The van der Waals surface area contributed by atoms with Crippen LogP contribution in [-0.2, 0) is 18.4 Å². The van der Waals surface area contributed by atoms with E-state index in [1.165, 1.54) is 11.3 Å². The molecular formula is C15H22N6O2S. The Morgan fingerprint density at radius 3 is 2.79 bits per heavy atom. The largest absolute Gasteiger partial charge is 0.388 e. The topological polar surface area (TPSA) is 96.2 Å². The van der Waals surface area contributed by atoms with Crippen LogP contribution in [0.1, 0.15) is 37.3 Å². The highest BCUT2D eigenvalue weighted by Crippen LogP contribution is 2.28. The molecule has 0 aromatic carbocycles. The van der Waals surface area contributed by atoms with Gasteiger partial charge in [0.2, 0.25) is 5.91 Å². The first-order chi connectivity index (χ1) is 11.6. The van der Waals surface area contributed by atoms with Crippen molar-refractivity contribution in [3.05, 3.63) is 23.2 Å². The van der Waals surface area contributed by atoms with E-state index in [-0.39, 0.29) is 18.6 Å². The molecule has 24 heavy (non-hydrogen) atoms. The van der Waals surface area contributed by atoms with E-state index in [4.69, 9.17) is 0 Å². The summed E-state index contributed by atoms with van der Waals surface area (Å²) in [4.78, 5) is 18.6. The lowest BCUT2D eigenvalue weighted by Crippen LogP contribution is -2.46. The normalized spacial score (nSPS) is 17.8. The van der Waals surface area contributed by atoms with Crippen molar-refractivity contribution in [1.82, 2.24) is 24.6 Å². The van der Waals surface area contributed by atoms with Gasteiger partial charge in [-0.15, -0.1) is 21.5 Å². The van der Waals surface area contributed by atoms with Gasteiger partial charge < -0.3 is 15.0 Å². The zero-order chi connectivity index (χ0) is 17.1. The van der Waals surface area contributed by atoms with Gasteiger partial charge in [0.15, 0.2) is 11.0 Å². The molecule has 0 aliphatic carbocycles. The minimum absolute atomic E-state index is 0.0235. The fourth-order valence-electron chi connectivity index (χ4n) is 3.07. The van der Waals surface area contributed by atoms with Crippen molar-refractivity contribution in [2.24, 2.45) is 7.05 Å². The third-order valence-corrected chi connectivity index (χ3v) is 5.31. The summed E-state index contributed by atoms with van der Waals surface area (Å²) in [6, 6.07) is -0.192. The fraction of sp³-hybridized carbons (Fsp3) is 0.600. The van der Waals surface area contributed by atoms with Crippen LogP contribution >= 0.6 is 11.3 Å². The summed E-state index contributed by atoms with van der Waals surface area (Å²) in [5.74, 6) is 1.79. The van der Waals surface area contributed by atoms with Gasteiger partial charge in [-0.1, -0.05) is 0 Å². The van der Waals surface area contributed by atoms with Crippen molar-refractivity contribution in [1.29, 1.82) is 0 Å². The minimum Gasteiger partial charge on any atom is -0.388 e. The second-order valence-corrected chi connectivity index (χ2v) is 6.90. The molecule has 8 nitrogen and oxygen atoms in total. The summed E-state index contributed by atoms with van der Waals surface area (Å²) in [5.41, 5.74) is 0. The number of likely N-dealkylation sites (tertiary alicyclic amines) is 1. The number of carbonyl (C=O) groups excluding carboxylic acids is 1. The summed E-state index contributed by atoms with van der Waals surface area (Å²) in [5, 5.41) is 22.8. The number of aromatic nitrogens is 4. The van der Waals surface area contributed by atoms with Crippen molar-refractivity contribution >= 4 is 22.4 Å². The number of aliphatic hydroxyl groups is 1. The first kappa shape index (κ1) is 17.0. The monoisotopic (exact) mass is 350 g/mol. The Hall–Kier alpha value is -1.84. The number of amides is 1. The van der Waals surface area contributed by atoms with Gasteiger partial charge in [-0.05, 0) is 32.9 Å². The summed E-state index contributed by atoms with van der Waals surface area (Å²) in [7, 11) is 1.89. The van der Waals surface area contributed by atoms with Gasteiger partial charge in [-0.2, -0.15) is 0 Å². The van der Waals surface area contributed by atoms with Gasteiger partial charge in [0.1, 0.15) is 12.4 Å². The molecule has 3 rings (SSSR count). The first-order valence-corrected chi connectivity index (χ1v) is 8.91. The lowest BCUT2D eigenvalue weighted by atomic mass is 9.95. The molecular weight excluding hydrogens is 328 g/mol. The van der Waals surface area contributed by atoms with Crippen LogP contribution in [0.4, 0.5) is 5.13 Å². The van der Waals surface area contributed by atoms with E-state index < -0.39 is 0 Å². The maximum absolute atomic E-state index is 12.3. The smallest absolute Gasteiger partial charge is 0.243 e. The number of hydrogen-bond acceptors (Lipinski definition) is 7. The molecule has 3 heterocycles. The molecule has 130 valence electrons. The van der Waals surface area contributed by atoms with Gasteiger partial charge in [0, 0.05) is 24.5 Å². The van der Waals surface area contributed by atoms with Gasteiger partial charge >= 0.3 is 0 Å². The van der Waals surface area contributed by atoms with E-state index >= 15 is 0 Å². The highest BCUT2D eigenvalue weighted by atomic mass is 32.1. The molecule has 1 aliphatic heterocycles. The highest BCUT2D eigenvalue weighted by molar-refractivity contribution is 7.13. The number of nitrogens with one attached hydrogen (secondary N) is 1. The third kappa shape index (κ3) is 3.47. The van der Waals surface area contributed by atoms with Crippen molar-refractivity contribution < 1.29 is 9.90 Å². The lowest BCUT2D eigenvalue weighted by Gasteiger charge is -2.34. The predicted octanol–water partition coefficient (Wildman–Crippen LogP) is 0.970. The average molecular weight is 350 g/mol. The van der Waals surface area contributed by atoms with Crippen molar-refractivity contribution in [2.75, 3.05) is 18.4 Å². The van der Waals surface area contributed by atoms with Crippen LogP contribution in [0.15, 0.2) is 11.6 Å². The number of piperidine rings is 1. The molecule has 2 aromatic heterocycles. The summed E-state index contributed by atoms with van der Waals surface area (Å²) < 4.78 is 1.87. The number of nitrogens with zero attached hydrogens (tertiary/aromatic N) is 5. The van der Waals surface area contributed by atoms with Crippen LogP contribution in [0.25, 0.3) is 0 Å². The number of aliphatic hydroxyl groups excluding tert-OH is 1. The quantitative estimate of drug-likeness (QED) is 0.834. The molecule has 0 spiro atoms. The van der Waals surface area contributed by atoms with Crippen LogP contribution < -0.4 is 5.32 Å². The van der Waals surface area contributed by atoms with Crippen LogP contribution in [0.3, 0.4) is 0 Å². The summed E-state index contributed by atoms with van der Waals surface area (Å²) >= 11 is 1.42. The molecule has 0 radical (unpaired) electrons. The lowest BCUT2D eigenvalue weighted by molar-refractivity contribution is -0.121. The van der Waals surface area contributed by atoms with Crippen molar-refractivity contribution in [3.63, 3.8) is 0 Å². The van der Waals surface area contributed by atoms with Crippen molar-refractivity contribution in [3.8, 4) is 0 Å². The molecule has 1 unspecified atom stereocenters. The molecule has 1 saturated heterocycles. The number of carbonyl (C=O) groups is 1. The number of rotatable bonds is 5. The average Bonchev–Trinajstić information content (AvgIpc) is 3.23. The molecule has 1 aliphatic rings. The molecule has 1 fully saturated rings. The Morgan fingerprint density at radius 2 is 2.21 bits per heavy atom. The highest BCUT2D eigenvalue weighted by Gasteiger charge is 2.29. The maximum Gasteiger partial charge on any atom is 0.243 e.